The number of benzene rings is 2. The Balaban J connectivity index is 1.20. The minimum Gasteiger partial charge on any atom is -0.497 e. The Morgan fingerprint density at radius 3 is 2.60 bits per heavy atom. The van der Waals surface area contributed by atoms with Crippen LogP contribution in [0.1, 0.15) is 22.3 Å². The van der Waals surface area contributed by atoms with Crippen LogP contribution >= 0.6 is 11.6 Å². The van der Waals surface area contributed by atoms with Crippen molar-refractivity contribution in [2.24, 2.45) is 11.8 Å². The van der Waals surface area contributed by atoms with Gasteiger partial charge in [-0.2, -0.15) is 0 Å². The topological polar surface area (TPSA) is 44.8 Å². The van der Waals surface area contributed by atoms with E-state index in [0.717, 1.165) is 67.7 Å². The van der Waals surface area contributed by atoms with E-state index in [1.807, 2.05) is 48.2 Å². The molecule has 2 saturated heterocycles. The smallest absolute Gasteiger partial charge is 0.254 e. The van der Waals surface area contributed by atoms with Crippen LogP contribution in [0.3, 0.4) is 0 Å². The summed E-state index contributed by atoms with van der Waals surface area (Å²) >= 11 is 6.19. The quantitative estimate of drug-likeness (QED) is 0.674. The maximum Gasteiger partial charge on any atom is 0.254 e. The minimum absolute atomic E-state index is 0.121. The Labute approximate surface area is 184 Å². The van der Waals surface area contributed by atoms with Crippen molar-refractivity contribution in [2.75, 3.05) is 51.7 Å². The average molecular weight is 428 g/mol. The van der Waals surface area contributed by atoms with Crippen molar-refractivity contribution in [3.63, 3.8) is 0 Å². The Hall–Kier alpha value is -2.24. The number of aryl methyl sites for hydroxylation is 1. The van der Waals surface area contributed by atoms with Gasteiger partial charge in [-0.1, -0.05) is 23.7 Å². The van der Waals surface area contributed by atoms with Gasteiger partial charge in [0, 0.05) is 49.0 Å². The predicted molar refractivity (Wildman–Crippen MR) is 122 cm³/mol. The van der Waals surface area contributed by atoms with Crippen molar-refractivity contribution in [3.05, 3.63) is 58.6 Å². The van der Waals surface area contributed by atoms with Crippen molar-refractivity contribution in [1.29, 1.82) is 0 Å². The standard InChI is InChI=1S/C24H30ClN3O2/c1-17-7-8-21(12-23(17)25)26-9-4-10-27-13-19-15-28(16-20(19)14-27)24(29)18-5-3-6-22(11-18)30-2/h3,5-8,11-12,19-20,26H,4,9-10,13-16H2,1-2H3. The summed E-state index contributed by atoms with van der Waals surface area (Å²) in [4.78, 5) is 17.4. The van der Waals surface area contributed by atoms with E-state index in [1.54, 1.807) is 7.11 Å². The molecule has 2 aromatic carbocycles. The first-order chi connectivity index (χ1) is 14.5. The number of nitrogens with zero attached hydrogens (tertiary/aromatic N) is 2. The van der Waals surface area contributed by atoms with Crippen LogP contribution in [0.25, 0.3) is 0 Å². The molecule has 2 heterocycles. The van der Waals surface area contributed by atoms with Crippen molar-refractivity contribution in [2.45, 2.75) is 13.3 Å². The van der Waals surface area contributed by atoms with E-state index in [0.29, 0.717) is 17.4 Å². The molecule has 1 N–H and O–H groups in total. The Morgan fingerprint density at radius 2 is 1.90 bits per heavy atom. The van der Waals surface area contributed by atoms with Crippen LogP contribution in [-0.4, -0.2) is 62.1 Å². The first-order valence-corrected chi connectivity index (χ1v) is 11.1. The van der Waals surface area contributed by atoms with Gasteiger partial charge < -0.3 is 19.9 Å². The van der Waals surface area contributed by atoms with E-state index in [-0.39, 0.29) is 5.91 Å². The largest absolute Gasteiger partial charge is 0.497 e. The van der Waals surface area contributed by atoms with Gasteiger partial charge in [0.2, 0.25) is 0 Å². The molecule has 4 rings (SSSR count). The molecule has 2 aliphatic rings. The molecule has 0 spiro atoms. The van der Waals surface area contributed by atoms with Crippen LogP contribution in [0.2, 0.25) is 5.02 Å². The van der Waals surface area contributed by atoms with Crippen molar-refractivity contribution < 1.29 is 9.53 Å². The number of anilines is 1. The average Bonchev–Trinajstić information content (AvgIpc) is 3.32. The molecule has 6 heteroatoms. The van der Waals surface area contributed by atoms with Gasteiger partial charge in [-0.05, 0) is 67.6 Å². The third-order valence-electron chi connectivity index (χ3n) is 6.32. The molecular weight excluding hydrogens is 398 g/mol. The normalized spacial score (nSPS) is 21.0. The second-order valence-corrected chi connectivity index (χ2v) is 8.87. The summed E-state index contributed by atoms with van der Waals surface area (Å²) in [6.45, 7) is 7.93. The Kier molecular flexibility index (Phi) is 6.49. The monoisotopic (exact) mass is 427 g/mol. The van der Waals surface area contributed by atoms with E-state index in [9.17, 15) is 4.79 Å². The van der Waals surface area contributed by atoms with E-state index in [1.165, 1.54) is 0 Å². The van der Waals surface area contributed by atoms with E-state index < -0.39 is 0 Å². The summed E-state index contributed by atoms with van der Waals surface area (Å²) in [7, 11) is 1.63. The predicted octanol–water partition coefficient (Wildman–Crippen LogP) is 4.16. The first kappa shape index (κ1) is 21.0. The molecule has 0 radical (unpaired) electrons. The third-order valence-corrected chi connectivity index (χ3v) is 6.73. The molecule has 160 valence electrons. The number of likely N-dealkylation sites (tertiary alicyclic amines) is 2. The molecule has 5 nitrogen and oxygen atoms in total. The van der Waals surface area contributed by atoms with Crippen LogP contribution in [0, 0.1) is 18.8 Å². The number of nitrogens with one attached hydrogen (secondary N) is 1. The van der Waals surface area contributed by atoms with Gasteiger partial charge >= 0.3 is 0 Å². The number of fused-ring (bicyclic) bond motifs is 1. The first-order valence-electron chi connectivity index (χ1n) is 10.7. The molecule has 0 saturated carbocycles. The zero-order chi connectivity index (χ0) is 21.1. The maximum atomic E-state index is 12.9. The van der Waals surface area contributed by atoms with Crippen LogP contribution < -0.4 is 10.1 Å². The summed E-state index contributed by atoms with van der Waals surface area (Å²) in [5, 5.41) is 4.27. The lowest BCUT2D eigenvalue weighted by molar-refractivity contribution is 0.0773. The van der Waals surface area contributed by atoms with Crippen LogP contribution in [0.15, 0.2) is 42.5 Å². The Morgan fingerprint density at radius 1 is 1.13 bits per heavy atom. The minimum atomic E-state index is 0.121. The number of carbonyl (C=O) groups excluding carboxylic acids is 1. The maximum absolute atomic E-state index is 12.9. The fourth-order valence-corrected chi connectivity index (χ4v) is 4.80. The molecule has 1 amide bonds. The van der Waals surface area contributed by atoms with Crippen LogP contribution in [0.4, 0.5) is 5.69 Å². The number of hydrogen-bond acceptors (Lipinski definition) is 4. The van der Waals surface area contributed by atoms with Crippen molar-refractivity contribution >= 4 is 23.2 Å². The lowest BCUT2D eigenvalue weighted by Gasteiger charge is -2.22. The molecule has 30 heavy (non-hydrogen) atoms. The zero-order valence-corrected chi connectivity index (χ0v) is 18.5. The van der Waals surface area contributed by atoms with Gasteiger partial charge in [-0.15, -0.1) is 0 Å². The number of carbonyl (C=O) groups is 1. The summed E-state index contributed by atoms with van der Waals surface area (Å²) in [6.07, 6.45) is 1.09. The molecule has 2 unspecified atom stereocenters. The molecule has 0 bridgehead atoms. The summed E-state index contributed by atoms with van der Waals surface area (Å²) in [6, 6.07) is 13.6. The highest BCUT2D eigenvalue weighted by molar-refractivity contribution is 6.31. The van der Waals surface area contributed by atoms with Crippen molar-refractivity contribution in [3.8, 4) is 5.75 Å². The molecule has 2 aliphatic heterocycles. The number of methoxy groups -OCH3 is 1. The molecule has 2 fully saturated rings. The number of hydrogen-bond donors (Lipinski definition) is 1. The van der Waals surface area contributed by atoms with Gasteiger partial charge in [-0.25, -0.2) is 0 Å². The molecule has 0 aliphatic carbocycles. The zero-order valence-electron chi connectivity index (χ0n) is 17.7. The van der Waals surface area contributed by atoms with Crippen LogP contribution in [0.5, 0.6) is 5.75 Å². The van der Waals surface area contributed by atoms with Crippen molar-refractivity contribution in [1.82, 2.24) is 9.80 Å². The lowest BCUT2D eigenvalue weighted by Crippen LogP contribution is -2.33. The molecule has 0 aromatic heterocycles. The molecular formula is C24H30ClN3O2. The second-order valence-electron chi connectivity index (χ2n) is 8.47. The van der Waals surface area contributed by atoms with Gasteiger partial charge in [0.25, 0.3) is 5.91 Å². The number of ether oxygens (including phenoxy) is 1. The van der Waals surface area contributed by atoms with Gasteiger partial charge in [0.1, 0.15) is 5.75 Å². The number of amides is 1. The molecule has 2 aromatic rings. The van der Waals surface area contributed by atoms with Gasteiger partial charge in [-0.3, -0.25) is 4.79 Å². The number of halogens is 1. The highest BCUT2D eigenvalue weighted by Crippen LogP contribution is 2.32. The fraction of sp³-hybridized carbons (Fsp3) is 0.458. The fourth-order valence-electron chi connectivity index (χ4n) is 4.62. The van der Waals surface area contributed by atoms with Gasteiger partial charge in [0.05, 0.1) is 7.11 Å². The van der Waals surface area contributed by atoms with E-state index in [2.05, 4.69) is 16.3 Å². The summed E-state index contributed by atoms with van der Waals surface area (Å²) < 4.78 is 5.25. The van der Waals surface area contributed by atoms with E-state index >= 15 is 0 Å². The second kappa shape index (κ2) is 9.27. The molecule has 2 atom stereocenters. The summed E-state index contributed by atoms with van der Waals surface area (Å²) in [5.74, 6) is 2.02. The third kappa shape index (κ3) is 4.73. The SMILES string of the molecule is COc1cccc(C(=O)N2CC3CN(CCCNc4ccc(C)c(Cl)c4)CC3C2)c1. The van der Waals surface area contributed by atoms with Gasteiger partial charge in [0.15, 0.2) is 0 Å². The lowest BCUT2D eigenvalue weighted by atomic mass is 10.0. The highest BCUT2D eigenvalue weighted by atomic mass is 35.5. The number of rotatable bonds is 7. The highest BCUT2D eigenvalue weighted by Gasteiger charge is 2.41. The van der Waals surface area contributed by atoms with Crippen LogP contribution in [-0.2, 0) is 0 Å². The Bertz CT molecular complexity index is 890. The van der Waals surface area contributed by atoms with E-state index in [4.69, 9.17) is 16.3 Å². The summed E-state index contributed by atoms with van der Waals surface area (Å²) in [5.41, 5.74) is 2.90.